The Morgan fingerprint density at radius 1 is 0.424 bits per heavy atom. The largest absolute Gasteiger partial charge is 2.00 e. The third kappa shape index (κ3) is 5.73. The number of aromatic nitrogens is 4. The summed E-state index contributed by atoms with van der Waals surface area (Å²) >= 11 is 0. The van der Waals surface area contributed by atoms with E-state index in [0.29, 0.717) is 5.95 Å². The van der Waals surface area contributed by atoms with Crippen LogP contribution in [0.15, 0.2) is 194 Å². The molecule has 0 aliphatic heterocycles. The minimum Gasteiger partial charge on any atom is -0.351 e. The zero-order valence-electron chi connectivity index (χ0n) is 31.8. The van der Waals surface area contributed by atoms with E-state index in [1.807, 2.05) is 24.3 Å². The molecule has 0 radical (unpaired) electrons. The standard InChI is InChI=1S/C54H32N4.U/c1-3-15-36(16-4-1)53-44-22-9-11-24-48(44)55-54(56-53)58-49-25-12-10-21-43(49)45-32-37(27-30-52(45)58)38-26-29-50-46(33-38)47-34-39(42-23-13-17-35-14-7-8-20-41(35)42)28-31-51(47)57(50)40-18-5-2-6-19-40;/h1-19,21-27,29-34H;/q-2;+2. The van der Waals surface area contributed by atoms with E-state index in [9.17, 15) is 0 Å². The smallest absolute Gasteiger partial charge is 0.351 e. The molecule has 0 fully saturated rings. The minimum absolute atomic E-state index is 0. The fourth-order valence-electron chi connectivity index (χ4n) is 8.88. The summed E-state index contributed by atoms with van der Waals surface area (Å²) in [6.45, 7) is 0. The second kappa shape index (κ2) is 14.3. The molecule has 12 rings (SSSR count). The summed E-state index contributed by atoms with van der Waals surface area (Å²) in [6.07, 6.45) is 0. The molecule has 0 N–H and O–H groups in total. The molecule has 0 saturated heterocycles. The van der Waals surface area contributed by atoms with Crippen LogP contribution in [0.25, 0.3) is 110 Å². The van der Waals surface area contributed by atoms with Crippen LogP contribution in [-0.4, -0.2) is 19.1 Å². The molecule has 3 aromatic heterocycles. The second-order valence-corrected chi connectivity index (χ2v) is 14.8. The molecule has 5 heteroatoms. The molecule has 12 aromatic rings. The Labute approximate surface area is 364 Å². The van der Waals surface area contributed by atoms with Crippen LogP contribution in [0.5, 0.6) is 0 Å². The molecule has 3 heterocycles. The van der Waals surface area contributed by atoms with Gasteiger partial charge in [-0.3, -0.25) is 4.57 Å². The van der Waals surface area contributed by atoms with Crippen LogP contribution in [0, 0.1) is 43.2 Å². The maximum absolute atomic E-state index is 5.28. The minimum atomic E-state index is 0. The van der Waals surface area contributed by atoms with Gasteiger partial charge in [0.2, 0.25) is 5.95 Å². The van der Waals surface area contributed by atoms with E-state index < -0.39 is 0 Å². The first kappa shape index (κ1) is 35.4. The van der Waals surface area contributed by atoms with Gasteiger partial charge in [-0.15, -0.1) is 64.4 Å². The molecule has 0 aliphatic rings. The molecule has 9 aromatic carbocycles. The van der Waals surface area contributed by atoms with E-state index >= 15 is 0 Å². The van der Waals surface area contributed by atoms with E-state index in [0.717, 1.165) is 88.3 Å². The van der Waals surface area contributed by atoms with Crippen molar-refractivity contribution in [3.05, 3.63) is 206 Å². The number of hydrogen-bond acceptors (Lipinski definition) is 2. The van der Waals surface area contributed by atoms with Crippen LogP contribution < -0.4 is 0 Å². The fourth-order valence-corrected chi connectivity index (χ4v) is 8.88. The van der Waals surface area contributed by atoms with Crippen molar-refractivity contribution in [2.75, 3.05) is 0 Å². The van der Waals surface area contributed by atoms with Crippen molar-refractivity contribution in [2.45, 2.75) is 0 Å². The first-order valence-electron chi connectivity index (χ1n) is 19.6. The van der Waals surface area contributed by atoms with Gasteiger partial charge in [0.1, 0.15) is 0 Å². The third-order valence-electron chi connectivity index (χ3n) is 11.5. The van der Waals surface area contributed by atoms with Crippen LogP contribution in [0.1, 0.15) is 0 Å². The zero-order valence-corrected chi connectivity index (χ0v) is 35.9. The Hall–Kier alpha value is -6.77. The summed E-state index contributed by atoms with van der Waals surface area (Å²) in [5.74, 6) is 0.656. The van der Waals surface area contributed by atoms with Crippen LogP contribution in [0.2, 0.25) is 0 Å². The maximum Gasteiger partial charge on any atom is 2.00 e. The number of fused-ring (bicyclic) bond motifs is 8. The van der Waals surface area contributed by atoms with Crippen LogP contribution >= 0.6 is 0 Å². The molecular weight excluding hydrogens is 943 g/mol. The van der Waals surface area contributed by atoms with Gasteiger partial charge in [-0.05, 0) is 70.6 Å². The summed E-state index contributed by atoms with van der Waals surface area (Å²) < 4.78 is 4.57. The second-order valence-electron chi connectivity index (χ2n) is 14.8. The molecule has 0 saturated carbocycles. The quantitative estimate of drug-likeness (QED) is 0.161. The van der Waals surface area contributed by atoms with Crippen molar-refractivity contribution in [3.63, 3.8) is 0 Å². The van der Waals surface area contributed by atoms with Gasteiger partial charge in [0.25, 0.3) is 0 Å². The number of nitrogens with zero attached hydrogens (tertiary/aromatic N) is 4. The zero-order chi connectivity index (χ0) is 38.2. The van der Waals surface area contributed by atoms with Crippen molar-refractivity contribution in [1.29, 1.82) is 0 Å². The van der Waals surface area contributed by atoms with Crippen molar-refractivity contribution in [1.82, 2.24) is 19.1 Å². The van der Waals surface area contributed by atoms with Crippen LogP contribution in [0.4, 0.5) is 0 Å². The summed E-state index contributed by atoms with van der Waals surface area (Å²) in [5, 5.41) is 7.99. The van der Waals surface area contributed by atoms with E-state index in [-0.39, 0.29) is 31.1 Å². The van der Waals surface area contributed by atoms with Gasteiger partial charge in [0.05, 0.1) is 22.2 Å². The normalized spacial score (nSPS) is 11.6. The molecule has 272 valence electrons. The van der Waals surface area contributed by atoms with Crippen molar-refractivity contribution in [2.24, 2.45) is 0 Å². The number of benzene rings is 9. The van der Waals surface area contributed by atoms with Crippen molar-refractivity contribution >= 4 is 65.3 Å². The molecule has 0 amide bonds. The van der Waals surface area contributed by atoms with E-state index in [1.54, 1.807) is 0 Å². The van der Waals surface area contributed by atoms with Crippen LogP contribution in [0.3, 0.4) is 0 Å². The van der Waals surface area contributed by atoms with Crippen molar-refractivity contribution in [3.8, 4) is 45.1 Å². The summed E-state index contributed by atoms with van der Waals surface area (Å²) in [5.41, 5.74) is 12.9. The average molecular weight is 975 g/mol. The van der Waals surface area contributed by atoms with Gasteiger partial charge in [0, 0.05) is 32.9 Å². The SMILES string of the molecule is [U+2].[c-]1cc2c(cc1-c1cccc3ccc[c-]c13)c1cc(-c3ccc4c(c3)c3ccccc3n4-c3nc(-c4ccccc4)c4ccccc4n3)ccc1n2-c1ccccc1. The fraction of sp³-hybridized carbons (Fsp3) is 0. The average Bonchev–Trinajstić information content (AvgIpc) is 3.81. The van der Waals surface area contributed by atoms with Crippen LogP contribution in [-0.2, 0) is 0 Å². The van der Waals surface area contributed by atoms with Gasteiger partial charge in [-0.2, -0.15) is 0 Å². The van der Waals surface area contributed by atoms with Gasteiger partial charge in [0.15, 0.2) is 0 Å². The Morgan fingerprint density at radius 2 is 1.07 bits per heavy atom. The van der Waals surface area contributed by atoms with Gasteiger partial charge in [-0.25, -0.2) is 9.97 Å². The molecule has 0 atom stereocenters. The molecular formula is C54H32N4U. The third-order valence-corrected chi connectivity index (χ3v) is 11.5. The topological polar surface area (TPSA) is 35.6 Å². The van der Waals surface area contributed by atoms with Gasteiger partial charge < -0.3 is 4.57 Å². The number of para-hydroxylation sites is 3. The predicted octanol–water partition coefficient (Wildman–Crippen LogP) is 13.6. The van der Waals surface area contributed by atoms with Gasteiger partial charge >= 0.3 is 31.1 Å². The summed E-state index contributed by atoms with van der Waals surface area (Å²) in [6, 6.07) is 75.8. The monoisotopic (exact) mass is 974 g/mol. The molecule has 59 heavy (non-hydrogen) atoms. The molecule has 0 spiro atoms. The molecule has 0 aliphatic carbocycles. The number of rotatable bonds is 5. The van der Waals surface area contributed by atoms with E-state index in [4.69, 9.17) is 9.97 Å². The first-order valence-corrected chi connectivity index (χ1v) is 19.6. The Balaban J connectivity index is 0.00000397. The predicted molar refractivity (Wildman–Crippen MR) is 240 cm³/mol. The maximum atomic E-state index is 5.28. The Bertz CT molecular complexity index is 3560. The Kier molecular flexibility index (Phi) is 8.55. The molecule has 0 unspecified atom stereocenters. The Morgan fingerprint density at radius 3 is 1.88 bits per heavy atom. The number of hydrogen-bond donors (Lipinski definition) is 0. The summed E-state index contributed by atoms with van der Waals surface area (Å²) in [4.78, 5) is 10.4. The van der Waals surface area contributed by atoms with E-state index in [1.165, 1.54) is 16.2 Å². The van der Waals surface area contributed by atoms with E-state index in [2.05, 4.69) is 191 Å². The summed E-state index contributed by atoms with van der Waals surface area (Å²) in [7, 11) is 0. The molecule has 4 nitrogen and oxygen atoms in total. The first-order chi connectivity index (χ1) is 28.8. The molecule has 0 bridgehead atoms. The van der Waals surface area contributed by atoms with Crippen molar-refractivity contribution < 1.29 is 31.1 Å². The van der Waals surface area contributed by atoms with Gasteiger partial charge in [-0.1, -0.05) is 121 Å².